The summed E-state index contributed by atoms with van der Waals surface area (Å²) < 4.78 is 12.3. The lowest BCUT2D eigenvalue weighted by molar-refractivity contribution is 0.102. The van der Waals surface area contributed by atoms with E-state index in [0.29, 0.717) is 28.1 Å². The highest BCUT2D eigenvalue weighted by molar-refractivity contribution is 7.99. The zero-order chi connectivity index (χ0) is 24.5. The molecule has 1 aliphatic carbocycles. The summed E-state index contributed by atoms with van der Waals surface area (Å²) in [7, 11) is 3.10. The van der Waals surface area contributed by atoms with Gasteiger partial charge in [-0.25, -0.2) is 4.98 Å². The van der Waals surface area contributed by atoms with Crippen LogP contribution >= 0.6 is 23.1 Å². The Morgan fingerprint density at radius 3 is 2.66 bits per heavy atom. The summed E-state index contributed by atoms with van der Waals surface area (Å²) in [5.74, 6) is 1.74. The number of hydrogen-bond acceptors (Lipinski definition) is 7. The van der Waals surface area contributed by atoms with Crippen LogP contribution in [-0.2, 0) is 12.8 Å². The maximum Gasteiger partial charge on any atom is 0.267 e. The van der Waals surface area contributed by atoms with Crippen LogP contribution in [0.3, 0.4) is 0 Å². The predicted molar refractivity (Wildman–Crippen MR) is 141 cm³/mol. The first kappa shape index (κ1) is 23.6. The first-order valence-electron chi connectivity index (χ1n) is 11.5. The number of nitrogens with zero attached hydrogens (tertiary/aromatic N) is 2. The number of ketones is 1. The van der Waals surface area contributed by atoms with Crippen molar-refractivity contribution in [3.8, 4) is 17.2 Å². The van der Waals surface area contributed by atoms with Crippen molar-refractivity contribution >= 4 is 39.1 Å². The van der Waals surface area contributed by atoms with E-state index in [0.717, 1.165) is 40.7 Å². The molecule has 0 saturated heterocycles. The third-order valence-corrected chi connectivity index (χ3v) is 8.44. The van der Waals surface area contributed by atoms with Gasteiger partial charge in [0.05, 0.1) is 31.0 Å². The van der Waals surface area contributed by atoms with Crippen molar-refractivity contribution in [1.82, 2.24) is 9.55 Å². The van der Waals surface area contributed by atoms with Gasteiger partial charge in [0.1, 0.15) is 4.83 Å². The van der Waals surface area contributed by atoms with Crippen LogP contribution in [0.5, 0.6) is 11.5 Å². The second-order valence-corrected chi connectivity index (χ2v) is 10.7. The molecule has 0 N–H and O–H groups in total. The lowest BCUT2D eigenvalue weighted by atomic mass is 9.89. The van der Waals surface area contributed by atoms with Gasteiger partial charge < -0.3 is 9.47 Å². The van der Waals surface area contributed by atoms with E-state index in [1.165, 1.54) is 16.6 Å². The van der Waals surface area contributed by atoms with Gasteiger partial charge in [-0.3, -0.25) is 14.2 Å². The number of hydrogen-bond donors (Lipinski definition) is 0. The average molecular weight is 507 g/mol. The van der Waals surface area contributed by atoms with Crippen LogP contribution in [0.4, 0.5) is 0 Å². The number of methoxy groups -OCH3 is 2. The van der Waals surface area contributed by atoms with E-state index in [-0.39, 0.29) is 17.1 Å². The smallest absolute Gasteiger partial charge is 0.267 e. The van der Waals surface area contributed by atoms with E-state index in [4.69, 9.17) is 14.5 Å². The molecule has 2 heterocycles. The van der Waals surface area contributed by atoms with Crippen LogP contribution < -0.4 is 15.0 Å². The van der Waals surface area contributed by atoms with Crippen molar-refractivity contribution < 1.29 is 14.3 Å². The Hall–Kier alpha value is -3.10. The molecule has 8 heteroatoms. The van der Waals surface area contributed by atoms with E-state index in [1.54, 1.807) is 48.3 Å². The molecule has 35 heavy (non-hydrogen) atoms. The molecule has 0 bridgehead atoms. The standard InChI is InChI=1S/C27H26N2O4S2/c1-16-9-11-19-23(13-16)35-25-24(19)26(31)29(18-7-5-4-6-8-18)27(28-25)34-15-20(30)17-10-12-21(32-2)22(14-17)33-3/h4-8,10,12,14,16H,9,11,13,15H2,1-3H3/t16-/m1/s1. The minimum Gasteiger partial charge on any atom is -0.493 e. The Morgan fingerprint density at radius 2 is 1.91 bits per heavy atom. The fourth-order valence-corrected chi connectivity index (χ4v) is 6.83. The Balaban J connectivity index is 1.54. The van der Waals surface area contributed by atoms with Gasteiger partial charge >= 0.3 is 0 Å². The number of fused-ring (bicyclic) bond motifs is 3. The summed E-state index contributed by atoms with van der Waals surface area (Å²) in [5.41, 5.74) is 2.36. The third kappa shape index (κ3) is 4.48. The minimum absolute atomic E-state index is 0.0608. The van der Waals surface area contributed by atoms with Gasteiger partial charge in [0.25, 0.3) is 5.56 Å². The number of aromatic nitrogens is 2. The molecule has 0 fully saturated rings. The molecule has 2 aromatic heterocycles. The van der Waals surface area contributed by atoms with Crippen LogP contribution in [0.1, 0.15) is 34.1 Å². The number of benzene rings is 2. The zero-order valence-corrected chi connectivity index (χ0v) is 21.5. The Bertz CT molecular complexity index is 1460. The lowest BCUT2D eigenvalue weighted by Crippen LogP contribution is -2.23. The number of ether oxygens (including phenoxy) is 2. The number of aryl methyl sites for hydroxylation is 1. The normalized spacial score (nSPS) is 15.1. The number of para-hydroxylation sites is 1. The third-order valence-electron chi connectivity index (χ3n) is 6.35. The summed E-state index contributed by atoms with van der Waals surface area (Å²) in [6.45, 7) is 2.25. The molecule has 0 unspecified atom stereocenters. The van der Waals surface area contributed by atoms with Gasteiger partial charge in [-0.1, -0.05) is 36.9 Å². The van der Waals surface area contributed by atoms with Gasteiger partial charge in [-0.15, -0.1) is 11.3 Å². The first-order valence-corrected chi connectivity index (χ1v) is 13.3. The Labute approximate surface area is 211 Å². The van der Waals surface area contributed by atoms with Crippen molar-refractivity contribution in [2.75, 3.05) is 20.0 Å². The molecule has 5 rings (SSSR count). The van der Waals surface area contributed by atoms with E-state index < -0.39 is 0 Å². The van der Waals surface area contributed by atoms with Crippen molar-refractivity contribution in [2.45, 2.75) is 31.3 Å². The zero-order valence-electron chi connectivity index (χ0n) is 19.9. The van der Waals surface area contributed by atoms with E-state index in [9.17, 15) is 9.59 Å². The minimum atomic E-state index is -0.0794. The topological polar surface area (TPSA) is 70.4 Å². The highest BCUT2D eigenvalue weighted by Crippen LogP contribution is 2.37. The van der Waals surface area contributed by atoms with Gasteiger partial charge in [-0.2, -0.15) is 0 Å². The van der Waals surface area contributed by atoms with Crippen LogP contribution in [0, 0.1) is 5.92 Å². The largest absolute Gasteiger partial charge is 0.493 e. The molecule has 0 amide bonds. The van der Waals surface area contributed by atoms with Crippen molar-refractivity contribution in [1.29, 1.82) is 0 Å². The summed E-state index contributed by atoms with van der Waals surface area (Å²) in [6, 6.07) is 14.6. The molecule has 4 aromatic rings. The van der Waals surface area contributed by atoms with Gasteiger partial charge in [0.15, 0.2) is 22.4 Å². The Morgan fingerprint density at radius 1 is 1.14 bits per heavy atom. The SMILES string of the molecule is COc1ccc(C(=O)CSc2nc3sc4c(c3c(=O)n2-c2ccccc2)CC[C@@H](C)C4)cc1OC. The molecular weight excluding hydrogens is 480 g/mol. The quantitative estimate of drug-likeness (QED) is 0.186. The number of rotatable bonds is 7. The molecule has 0 spiro atoms. The van der Waals surface area contributed by atoms with E-state index in [2.05, 4.69) is 6.92 Å². The average Bonchev–Trinajstić information content (AvgIpc) is 3.24. The summed E-state index contributed by atoms with van der Waals surface area (Å²) in [5, 5.41) is 1.26. The summed E-state index contributed by atoms with van der Waals surface area (Å²) in [6.07, 6.45) is 2.98. The van der Waals surface area contributed by atoms with Crippen molar-refractivity contribution in [3.63, 3.8) is 0 Å². The Kier molecular flexibility index (Phi) is 6.67. The first-order chi connectivity index (χ1) is 17.0. The number of thioether (sulfide) groups is 1. The number of carbonyl (C=O) groups is 1. The molecule has 180 valence electrons. The molecular formula is C27H26N2O4S2. The van der Waals surface area contributed by atoms with E-state index >= 15 is 0 Å². The highest BCUT2D eigenvalue weighted by Gasteiger charge is 2.25. The maximum absolute atomic E-state index is 13.8. The fraction of sp³-hybridized carbons (Fsp3) is 0.296. The molecule has 0 radical (unpaired) electrons. The fourth-order valence-electron chi connectivity index (χ4n) is 4.50. The van der Waals surface area contributed by atoms with Gasteiger partial charge in [0.2, 0.25) is 0 Å². The molecule has 6 nitrogen and oxygen atoms in total. The van der Waals surface area contributed by atoms with Gasteiger partial charge in [-0.05, 0) is 61.1 Å². The number of Topliss-reactive ketones (excluding diaryl/α,β-unsaturated/α-hetero) is 1. The van der Waals surface area contributed by atoms with Crippen LogP contribution in [0.25, 0.3) is 15.9 Å². The molecule has 0 aliphatic heterocycles. The molecule has 0 saturated carbocycles. The van der Waals surface area contributed by atoms with Gasteiger partial charge in [0, 0.05) is 10.4 Å². The maximum atomic E-state index is 13.8. The monoisotopic (exact) mass is 506 g/mol. The second kappa shape index (κ2) is 9.87. The molecule has 2 aromatic carbocycles. The lowest BCUT2D eigenvalue weighted by Gasteiger charge is -2.17. The molecule has 1 aliphatic rings. The van der Waals surface area contributed by atoms with Crippen molar-refractivity contribution in [3.05, 3.63) is 74.9 Å². The van der Waals surface area contributed by atoms with Crippen LogP contribution in [0.2, 0.25) is 0 Å². The van der Waals surface area contributed by atoms with Crippen LogP contribution in [0.15, 0.2) is 58.5 Å². The van der Waals surface area contributed by atoms with Crippen LogP contribution in [-0.4, -0.2) is 35.3 Å². The number of thiophene rings is 1. The second-order valence-electron chi connectivity index (χ2n) is 8.68. The highest BCUT2D eigenvalue weighted by atomic mass is 32.2. The summed E-state index contributed by atoms with van der Waals surface area (Å²) in [4.78, 5) is 33.8. The number of carbonyl (C=O) groups excluding carboxylic acids is 1. The van der Waals surface area contributed by atoms with Crippen molar-refractivity contribution in [2.24, 2.45) is 5.92 Å². The van der Waals surface area contributed by atoms with E-state index in [1.807, 2.05) is 30.3 Å². The summed E-state index contributed by atoms with van der Waals surface area (Å²) >= 11 is 2.90. The molecule has 1 atom stereocenters. The predicted octanol–water partition coefficient (Wildman–Crippen LogP) is 5.56.